The second kappa shape index (κ2) is 22.1. The lowest BCUT2D eigenvalue weighted by Crippen LogP contribution is -2.14. The summed E-state index contributed by atoms with van der Waals surface area (Å²) >= 11 is 0. The van der Waals surface area contributed by atoms with E-state index in [-0.39, 0.29) is 10.8 Å². The zero-order chi connectivity index (χ0) is 30.3. The number of hydrogen-bond donors (Lipinski definition) is 2. The number of benzene rings is 2. The van der Waals surface area contributed by atoms with Gasteiger partial charge in [-0.25, -0.2) is 8.42 Å². The van der Waals surface area contributed by atoms with Crippen LogP contribution in [0.15, 0.2) is 53.4 Å². The SMILES string of the molecule is CCCCCCCCCCCCCCCCCCCCCC(=O)Nc1ccc(S(=O)(=O)Nc2ccc(OC)cc2)cc1. The van der Waals surface area contributed by atoms with Gasteiger partial charge in [0.25, 0.3) is 10.0 Å². The second-order valence-electron chi connectivity index (χ2n) is 11.5. The van der Waals surface area contributed by atoms with Crippen molar-refractivity contribution in [2.75, 3.05) is 17.1 Å². The van der Waals surface area contributed by atoms with Crippen molar-refractivity contribution < 1.29 is 17.9 Å². The zero-order valence-corrected chi connectivity index (χ0v) is 27.1. The summed E-state index contributed by atoms with van der Waals surface area (Å²) in [6.45, 7) is 2.28. The van der Waals surface area contributed by atoms with Gasteiger partial charge in [0, 0.05) is 17.8 Å². The first kappa shape index (κ1) is 35.7. The topological polar surface area (TPSA) is 84.5 Å². The van der Waals surface area contributed by atoms with E-state index in [4.69, 9.17) is 4.74 Å². The van der Waals surface area contributed by atoms with Crippen molar-refractivity contribution in [3.05, 3.63) is 48.5 Å². The largest absolute Gasteiger partial charge is 0.497 e. The van der Waals surface area contributed by atoms with Crippen molar-refractivity contribution in [2.24, 2.45) is 0 Å². The average Bonchev–Trinajstić information content (AvgIpc) is 2.99. The number of nitrogens with one attached hydrogen (secondary N) is 2. The highest BCUT2D eigenvalue weighted by Crippen LogP contribution is 2.21. The second-order valence-corrected chi connectivity index (χ2v) is 13.2. The molecule has 2 rings (SSSR count). The van der Waals surface area contributed by atoms with E-state index < -0.39 is 10.0 Å². The van der Waals surface area contributed by atoms with Crippen molar-refractivity contribution >= 4 is 27.3 Å². The molecule has 0 atom stereocenters. The Morgan fingerprint density at radius 1 is 0.595 bits per heavy atom. The van der Waals surface area contributed by atoms with Crippen LogP contribution in [0.5, 0.6) is 5.75 Å². The fourth-order valence-electron chi connectivity index (χ4n) is 5.18. The molecule has 42 heavy (non-hydrogen) atoms. The standard InChI is InChI=1S/C35H56N2O4S/c1-3-4-5-6-7-8-9-10-11-12-13-14-15-16-17-18-19-20-21-22-35(38)36-31-25-29-34(30-26-31)42(39,40)37-32-23-27-33(41-2)28-24-32/h23-30,37H,3-22H2,1-2H3,(H,36,38). The fraction of sp³-hybridized carbons (Fsp3) is 0.629. The van der Waals surface area contributed by atoms with Crippen molar-refractivity contribution in [3.63, 3.8) is 0 Å². The summed E-state index contributed by atoms with van der Waals surface area (Å²) in [5.74, 6) is 0.618. The maximum absolute atomic E-state index is 12.7. The molecule has 2 aromatic rings. The molecule has 0 fully saturated rings. The molecule has 2 aromatic carbocycles. The Kier molecular flexibility index (Phi) is 18.7. The maximum Gasteiger partial charge on any atom is 0.261 e. The molecular formula is C35H56N2O4S. The molecule has 2 N–H and O–H groups in total. The average molecular weight is 601 g/mol. The normalized spacial score (nSPS) is 11.4. The molecule has 236 valence electrons. The zero-order valence-electron chi connectivity index (χ0n) is 26.3. The summed E-state index contributed by atoms with van der Waals surface area (Å²) in [6, 6.07) is 12.9. The van der Waals surface area contributed by atoms with Crippen molar-refractivity contribution in [2.45, 2.75) is 140 Å². The first-order valence-electron chi connectivity index (χ1n) is 16.5. The summed E-state index contributed by atoms with van der Waals surface area (Å²) in [5, 5.41) is 2.87. The summed E-state index contributed by atoms with van der Waals surface area (Å²) in [5.41, 5.74) is 1.05. The number of ether oxygens (including phenoxy) is 1. The third kappa shape index (κ3) is 16.2. The Labute approximate surface area is 256 Å². The van der Waals surface area contributed by atoms with Gasteiger partial charge in [0.05, 0.1) is 12.0 Å². The van der Waals surface area contributed by atoms with Crippen LogP contribution in [0.25, 0.3) is 0 Å². The van der Waals surface area contributed by atoms with E-state index in [0.29, 0.717) is 23.5 Å². The third-order valence-electron chi connectivity index (χ3n) is 7.80. The number of carbonyl (C=O) groups is 1. The van der Waals surface area contributed by atoms with Crippen molar-refractivity contribution in [1.29, 1.82) is 0 Å². The van der Waals surface area contributed by atoms with Gasteiger partial charge in [-0.3, -0.25) is 9.52 Å². The van der Waals surface area contributed by atoms with Crippen LogP contribution >= 0.6 is 0 Å². The number of methoxy groups -OCH3 is 1. The minimum atomic E-state index is -3.72. The summed E-state index contributed by atoms with van der Waals surface area (Å²) < 4.78 is 33.0. The van der Waals surface area contributed by atoms with Crippen LogP contribution in [-0.4, -0.2) is 21.4 Å². The Hall–Kier alpha value is -2.54. The lowest BCUT2D eigenvalue weighted by Gasteiger charge is -2.10. The number of amides is 1. The predicted octanol–water partition coefficient (Wildman–Crippen LogP) is 10.3. The molecule has 0 aliphatic heterocycles. The molecular weight excluding hydrogens is 544 g/mol. The van der Waals surface area contributed by atoms with Crippen molar-refractivity contribution in [3.8, 4) is 5.75 Å². The van der Waals surface area contributed by atoms with Crippen molar-refractivity contribution in [1.82, 2.24) is 0 Å². The molecule has 7 heteroatoms. The van der Waals surface area contributed by atoms with E-state index in [0.717, 1.165) is 12.8 Å². The monoisotopic (exact) mass is 600 g/mol. The summed E-state index contributed by atoms with van der Waals surface area (Å²) in [4.78, 5) is 12.5. The lowest BCUT2D eigenvalue weighted by atomic mass is 10.0. The molecule has 0 bridgehead atoms. The number of anilines is 2. The quantitative estimate of drug-likeness (QED) is 0.111. The Bertz CT molecular complexity index is 1070. The molecule has 1 amide bonds. The van der Waals surface area contributed by atoms with Gasteiger partial charge in [0.2, 0.25) is 5.91 Å². The highest BCUT2D eigenvalue weighted by molar-refractivity contribution is 7.92. The Morgan fingerprint density at radius 3 is 1.43 bits per heavy atom. The minimum Gasteiger partial charge on any atom is -0.497 e. The smallest absolute Gasteiger partial charge is 0.261 e. The predicted molar refractivity (Wildman–Crippen MR) is 177 cm³/mol. The number of unbranched alkanes of at least 4 members (excludes halogenated alkanes) is 18. The number of carbonyl (C=O) groups excluding carboxylic acids is 1. The van der Waals surface area contributed by atoms with E-state index >= 15 is 0 Å². The number of rotatable bonds is 25. The van der Waals surface area contributed by atoms with E-state index in [9.17, 15) is 13.2 Å². The van der Waals surface area contributed by atoms with Gasteiger partial charge in [-0.15, -0.1) is 0 Å². The molecule has 0 radical (unpaired) electrons. The molecule has 0 aliphatic carbocycles. The van der Waals surface area contributed by atoms with Crippen LogP contribution in [-0.2, 0) is 14.8 Å². The van der Waals surface area contributed by atoms with Gasteiger partial charge in [0.15, 0.2) is 0 Å². The highest BCUT2D eigenvalue weighted by Gasteiger charge is 2.14. The van der Waals surface area contributed by atoms with Gasteiger partial charge in [-0.2, -0.15) is 0 Å². The number of sulfonamides is 1. The number of hydrogen-bond acceptors (Lipinski definition) is 4. The minimum absolute atomic E-state index is 0.0334. The Balaban J connectivity index is 1.44. The van der Waals surface area contributed by atoms with E-state index in [2.05, 4.69) is 17.0 Å². The molecule has 0 unspecified atom stereocenters. The fourth-order valence-corrected chi connectivity index (χ4v) is 6.24. The van der Waals surface area contributed by atoms with Gasteiger partial charge in [-0.1, -0.05) is 122 Å². The molecule has 0 saturated carbocycles. The molecule has 0 aromatic heterocycles. The van der Waals surface area contributed by atoms with Crippen LogP contribution in [0, 0.1) is 0 Å². The highest BCUT2D eigenvalue weighted by atomic mass is 32.2. The van der Waals surface area contributed by atoms with E-state index in [1.807, 2.05) is 0 Å². The van der Waals surface area contributed by atoms with Crippen LogP contribution in [0.4, 0.5) is 11.4 Å². The van der Waals surface area contributed by atoms with Crippen LogP contribution < -0.4 is 14.8 Å². The first-order valence-corrected chi connectivity index (χ1v) is 18.0. The molecule has 0 spiro atoms. The molecule has 6 nitrogen and oxygen atoms in total. The van der Waals surface area contributed by atoms with E-state index in [1.54, 1.807) is 43.5 Å². The third-order valence-corrected chi connectivity index (χ3v) is 9.20. The molecule has 0 aliphatic rings. The van der Waals surface area contributed by atoms with Crippen LogP contribution in [0.1, 0.15) is 135 Å². The molecule has 0 saturated heterocycles. The first-order chi connectivity index (χ1) is 20.4. The van der Waals surface area contributed by atoms with Crippen LogP contribution in [0.2, 0.25) is 0 Å². The van der Waals surface area contributed by atoms with Gasteiger partial charge < -0.3 is 10.1 Å². The Morgan fingerprint density at radius 2 is 1.00 bits per heavy atom. The van der Waals surface area contributed by atoms with Gasteiger partial charge >= 0.3 is 0 Å². The van der Waals surface area contributed by atoms with E-state index in [1.165, 1.54) is 121 Å². The van der Waals surface area contributed by atoms with Crippen LogP contribution in [0.3, 0.4) is 0 Å². The summed E-state index contributed by atoms with van der Waals surface area (Å²) in [7, 11) is -2.17. The maximum atomic E-state index is 12.7. The summed E-state index contributed by atoms with van der Waals surface area (Å²) in [6.07, 6.45) is 25.8. The molecule has 0 heterocycles. The van der Waals surface area contributed by atoms with Gasteiger partial charge in [-0.05, 0) is 55.0 Å². The lowest BCUT2D eigenvalue weighted by molar-refractivity contribution is -0.116. The van der Waals surface area contributed by atoms with Gasteiger partial charge in [0.1, 0.15) is 5.75 Å².